The number of rotatable bonds is 7. The van der Waals surface area contributed by atoms with Crippen LogP contribution < -0.4 is 5.32 Å². The first-order valence-electron chi connectivity index (χ1n) is 5.12. The second-order valence-electron chi connectivity index (χ2n) is 3.37. The zero-order valence-corrected chi connectivity index (χ0v) is 11.1. The number of anilines is 1. The normalized spacial score (nSPS) is 11.9. The van der Waals surface area contributed by atoms with Crippen LogP contribution >= 0.6 is 11.3 Å². The number of nitrogens with zero attached hydrogens (tertiary/aromatic N) is 2. The van der Waals surface area contributed by atoms with Crippen LogP contribution in [0.5, 0.6) is 0 Å². The minimum atomic E-state index is -3.06. The van der Waals surface area contributed by atoms with E-state index in [0.29, 0.717) is 13.1 Å². The van der Waals surface area contributed by atoms with Crippen LogP contribution in [0.4, 0.5) is 5.13 Å². The van der Waals surface area contributed by atoms with Crippen LogP contribution in [0.3, 0.4) is 0 Å². The van der Waals surface area contributed by atoms with Gasteiger partial charge in [0.1, 0.15) is 0 Å². The molecule has 0 unspecified atom stereocenters. The summed E-state index contributed by atoms with van der Waals surface area (Å²) in [6.45, 7) is 3.65. The van der Waals surface area contributed by atoms with E-state index in [9.17, 15) is 8.42 Å². The SMILES string of the molecule is CCN(CCCNc1nccs1)S(C)(=O)=O. The van der Waals surface area contributed by atoms with Crippen molar-refractivity contribution in [1.82, 2.24) is 9.29 Å². The van der Waals surface area contributed by atoms with E-state index < -0.39 is 10.0 Å². The monoisotopic (exact) mass is 263 g/mol. The smallest absolute Gasteiger partial charge is 0.211 e. The fourth-order valence-corrected chi connectivity index (χ4v) is 2.81. The summed E-state index contributed by atoms with van der Waals surface area (Å²) in [6.07, 6.45) is 3.76. The van der Waals surface area contributed by atoms with E-state index in [0.717, 1.165) is 18.1 Å². The third-order valence-electron chi connectivity index (χ3n) is 2.11. The number of thiazole rings is 1. The van der Waals surface area contributed by atoms with Gasteiger partial charge in [-0.25, -0.2) is 17.7 Å². The molecule has 92 valence electrons. The Hall–Kier alpha value is -0.660. The van der Waals surface area contributed by atoms with Crippen molar-refractivity contribution in [3.63, 3.8) is 0 Å². The third kappa shape index (κ3) is 4.46. The van der Waals surface area contributed by atoms with Crippen molar-refractivity contribution >= 4 is 26.5 Å². The molecule has 0 saturated heterocycles. The molecule has 0 saturated carbocycles. The number of hydrogen-bond acceptors (Lipinski definition) is 5. The van der Waals surface area contributed by atoms with Crippen molar-refractivity contribution < 1.29 is 8.42 Å². The lowest BCUT2D eigenvalue weighted by molar-refractivity contribution is 0.429. The molecule has 0 amide bonds. The zero-order valence-electron chi connectivity index (χ0n) is 9.51. The van der Waals surface area contributed by atoms with Crippen LogP contribution in [0.25, 0.3) is 0 Å². The molecule has 7 heteroatoms. The van der Waals surface area contributed by atoms with E-state index in [1.54, 1.807) is 6.20 Å². The zero-order chi connectivity index (χ0) is 12.0. The molecule has 1 heterocycles. The van der Waals surface area contributed by atoms with Gasteiger partial charge in [-0.05, 0) is 6.42 Å². The summed E-state index contributed by atoms with van der Waals surface area (Å²) in [6, 6.07) is 0. The van der Waals surface area contributed by atoms with Gasteiger partial charge in [0.05, 0.1) is 6.26 Å². The van der Waals surface area contributed by atoms with Crippen LogP contribution in [-0.4, -0.2) is 43.6 Å². The number of nitrogens with one attached hydrogen (secondary N) is 1. The summed E-state index contributed by atoms with van der Waals surface area (Å²) < 4.78 is 24.0. The van der Waals surface area contributed by atoms with Crippen LogP contribution in [0.2, 0.25) is 0 Å². The first-order chi connectivity index (χ1) is 7.54. The highest BCUT2D eigenvalue weighted by Gasteiger charge is 2.12. The highest BCUT2D eigenvalue weighted by Crippen LogP contribution is 2.09. The summed E-state index contributed by atoms with van der Waals surface area (Å²) in [4.78, 5) is 4.08. The van der Waals surface area contributed by atoms with Crippen LogP contribution in [0.15, 0.2) is 11.6 Å². The Morgan fingerprint density at radius 2 is 2.31 bits per heavy atom. The van der Waals surface area contributed by atoms with Gasteiger partial charge in [0.25, 0.3) is 0 Å². The second kappa shape index (κ2) is 6.17. The minimum Gasteiger partial charge on any atom is -0.361 e. The van der Waals surface area contributed by atoms with Gasteiger partial charge in [0.15, 0.2) is 5.13 Å². The van der Waals surface area contributed by atoms with Crippen molar-refractivity contribution in [3.05, 3.63) is 11.6 Å². The van der Waals surface area contributed by atoms with Crippen molar-refractivity contribution in [2.75, 3.05) is 31.2 Å². The number of hydrogen-bond donors (Lipinski definition) is 1. The Morgan fingerprint density at radius 3 is 2.81 bits per heavy atom. The Morgan fingerprint density at radius 1 is 1.56 bits per heavy atom. The van der Waals surface area contributed by atoms with Gasteiger partial charge < -0.3 is 5.32 Å². The number of aromatic nitrogens is 1. The van der Waals surface area contributed by atoms with E-state index in [4.69, 9.17) is 0 Å². The summed E-state index contributed by atoms with van der Waals surface area (Å²) in [5.74, 6) is 0. The molecule has 16 heavy (non-hydrogen) atoms. The molecule has 0 aliphatic rings. The predicted molar refractivity (Wildman–Crippen MR) is 67.3 cm³/mol. The molecule has 1 aromatic heterocycles. The van der Waals surface area contributed by atoms with Crippen LogP contribution in [-0.2, 0) is 10.0 Å². The topological polar surface area (TPSA) is 62.3 Å². The summed E-state index contributed by atoms with van der Waals surface area (Å²) in [5, 5.41) is 5.92. The number of sulfonamides is 1. The molecule has 0 spiro atoms. The molecule has 0 aliphatic heterocycles. The second-order valence-corrected chi connectivity index (χ2v) is 6.25. The molecule has 1 aromatic rings. The van der Waals surface area contributed by atoms with E-state index in [1.807, 2.05) is 12.3 Å². The molecule has 1 N–H and O–H groups in total. The fourth-order valence-electron chi connectivity index (χ4n) is 1.32. The molecule has 5 nitrogen and oxygen atoms in total. The lowest BCUT2D eigenvalue weighted by Crippen LogP contribution is -2.31. The summed E-state index contributed by atoms with van der Waals surface area (Å²) in [5.41, 5.74) is 0. The van der Waals surface area contributed by atoms with Gasteiger partial charge in [0, 0.05) is 31.2 Å². The van der Waals surface area contributed by atoms with Gasteiger partial charge >= 0.3 is 0 Å². The Bertz CT molecular complexity index is 389. The highest BCUT2D eigenvalue weighted by molar-refractivity contribution is 7.88. The van der Waals surface area contributed by atoms with E-state index in [-0.39, 0.29) is 0 Å². The predicted octanol–water partition coefficient (Wildman–Crippen LogP) is 1.23. The standard InChI is InChI=1S/C9H17N3O2S2/c1-3-12(16(2,13)14)7-4-5-10-9-11-6-8-15-9/h6,8H,3-5,7H2,1-2H3,(H,10,11). The molecule has 0 fully saturated rings. The molecule has 0 atom stereocenters. The lowest BCUT2D eigenvalue weighted by Gasteiger charge is -2.17. The van der Waals surface area contributed by atoms with Crippen molar-refractivity contribution in [2.45, 2.75) is 13.3 Å². The Balaban J connectivity index is 2.24. The lowest BCUT2D eigenvalue weighted by atomic mass is 10.4. The van der Waals surface area contributed by atoms with E-state index in [2.05, 4.69) is 10.3 Å². The molecule has 1 rings (SSSR count). The summed E-state index contributed by atoms with van der Waals surface area (Å²) in [7, 11) is -3.06. The molecule has 0 bridgehead atoms. The largest absolute Gasteiger partial charge is 0.361 e. The quantitative estimate of drug-likeness (QED) is 0.752. The van der Waals surface area contributed by atoms with Gasteiger partial charge in [-0.3, -0.25) is 0 Å². The Labute approximate surface area is 101 Å². The van der Waals surface area contributed by atoms with Crippen LogP contribution in [0, 0.1) is 0 Å². The average Bonchev–Trinajstić information content (AvgIpc) is 2.68. The highest BCUT2D eigenvalue weighted by atomic mass is 32.2. The van der Waals surface area contributed by atoms with E-state index in [1.165, 1.54) is 21.9 Å². The van der Waals surface area contributed by atoms with Crippen LogP contribution in [0.1, 0.15) is 13.3 Å². The van der Waals surface area contributed by atoms with Crippen molar-refractivity contribution in [1.29, 1.82) is 0 Å². The van der Waals surface area contributed by atoms with Gasteiger partial charge in [-0.15, -0.1) is 11.3 Å². The minimum absolute atomic E-state index is 0.524. The van der Waals surface area contributed by atoms with Gasteiger partial charge in [-0.1, -0.05) is 6.92 Å². The molecule has 0 aliphatic carbocycles. The maximum Gasteiger partial charge on any atom is 0.211 e. The third-order valence-corrected chi connectivity index (χ3v) is 4.22. The maximum atomic E-state index is 11.3. The van der Waals surface area contributed by atoms with Gasteiger partial charge in [0.2, 0.25) is 10.0 Å². The first kappa shape index (κ1) is 13.4. The molecular formula is C9H17N3O2S2. The summed E-state index contributed by atoms with van der Waals surface area (Å²) >= 11 is 1.54. The fraction of sp³-hybridized carbons (Fsp3) is 0.667. The van der Waals surface area contributed by atoms with Crippen molar-refractivity contribution in [3.8, 4) is 0 Å². The first-order valence-corrected chi connectivity index (χ1v) is 7.85. The molecular weight excluding hydrogens is 246 g/mol. The van der Waals surface area contributed by atoms with E-state index >= 15 is 0 Å². The Kier molecular flexibility index (Phi) is 5.17. The van der Waals surface area contributed by atoms with Crippen molar-refractivity contribution in [2.24, 2.45) is 0 Å². The molecule has 0 radical (unpaired) electrons. The average molecular weight is 263 g/mol. The van der Waals surface area contributed by atoms with Gasteiger partial charge in [-0.2, -0.15) is 0 Å². The molecule has 0 aromatic carbocycles. The maximum absolute atomic E-state index is 11.3.